The van der Waals surface area contributed by atoms with E-state index in [0.717, 1.165) is 50.1 Å². The van der Waals surface area contributed by atoms with Crippen LogP contribution in [0.3, 0.4) is 0 Å². The molecule has 0 atom stereocenters. The Hall–Kier alpha value is -1.18. The molecule has 7 heteroatoms. The van der Waals surface area contributed by atoms with Crippen LogP contribution in [0.5, 0.6) is 0 Å². The zero-order valence-corrected chi connectivity index (χ0v) is 17.9. The SMILES string of the molecule is CCNC(=NCc1nc(C(C)C)cs1)NCC1(N2CCCC2)CCOCC1. The lowest BCUT2D eigenvalue weighted by Gasteiger charge is -2.45. The quantitative estimate of drug-likeness (QED) is 0.551. The zero-order valence-electron chi connectivity index (χ0n) is 17.1. The fourth-order valence-corrected chi connectivity index (χ4v) is 4.83. The lowest BCUT2D eigenvalue weighted by Crippen LogP contribution is -2.58. The molecule has 2 aliphatic heterocycles. The molecule has 2 fully saturated rings. The summed E-state index contributed by atoms with van der Waals surface area (Å²) in [6.45, 7) is 13.1. The van der Waals surface area contributed by atoms with Crippen LogP contribution in [0.4, 0.5) is 0 Å². The number of aliphatic imine (C=N–C) groups is 1. The van der Waals surface area contributed by atoms with Crippen LogP contribution in [0, 0.1) is 0 Å². The molecule has 0 aromatic carbocycles. The minimum Gasteiger partial charge on any atom is -0.381 e. The molecule has 2 N–H and O–H groups in total. The van der Waals surface area contributed by atoms with Crippen LogP contribution in [-0.2, 0) is 11.3 Å². The van der Waals surface area contributed by atoms with Crippen LogP contribution in [0.25, 0.3) is 0 Å². The summed E-state index contributed by atoms with van der Waals surface area (Å²) in [5, 5.41) is 10.3. The van der Waals surface area contributed by atoms with E-state index < -0.39 is 0 Å². The van der Waals surface area contributed by atoms with E-state index in [1.807, 2.05) is 0 Å². The van der Waals surface area contributed by atoms with E-state index in [4.69, 9.17) is 14.7 Å². The van der Waals surface area contributed by atoms with Crippen LogP contribution in [0.1, 0.15) is 63.1 Å². The third kappa shape index (κ3) is 5.42. The molecule has 2 saturated heterocycles. The van der Waals surface area contributed by atoms with E-state index in [2.05, 4.69) is 41.7 Å². The number of nitrogens with one attached hydrogen (secondary N) is 2. The van der Waals surface area contributed by atoms with Gasteiger partial charge in [0.05, 0.1) is 12.2 Å². The summed E-state index contributed by atoms with van der Waals surface area (Å²) in [4.78, 5) is 12.2. The van der Waals surface area contributed by atoms with Gasteiger partial charge in [0.15, 0.2) is 5.96 Å². The van der Waals surface area contributed by atoms with Crippen molar-refractivity contribution in [2.24, 2.45) is 4.99 Å². The number of ether oxygens (including phenoxy) is 1. The summed E-state index contributed by atoms with van der Waals surface area (Å²) in [5.74, 6) is 1.36. The van der Waals surface area contributed by atoms with Crippen LogP contribution in [-0.4, -0.2) is 60.8 Å². The van der Waals surface area contributed by atoms with Gasteiger partial charge in [-0.25, -0.2) is 9.98 Å². The van der Waals surface area contributed by atoms with E-state index in [0.29, 0.717) is 12.5 Å². The molecule has 6 nitrogen and oxygen atoms in total. The molecule has 2 aliphatic rings. The Kier molecular flexibility index (Phi) is 7.49. The highest BCUT2D eigenvalue weighted by Crippen LogP contribution is 2.30. The van der Waals surface area contributed by atoms with Crippen LogP contribution in [0.15, 0.2) is 10.4 Å². The van der Waals surface area contributed by atoms with E-state index in [9.17, 15) is 0 Å². The summed E-state index contributed by atoms with van der Waals surface area (Å²) < 4.78 is 5.66. The molecule has 0 aliphatic carbocycles. The van der Waals surface area contributed by atoms with Gasteiger partial charge in [0.25, 0.3) is 0 Å². The van der Waals surface area contributed by atoms with Gasteiger partial charge in [0, 0.05) is 37.2 Å². The standard InChI is InChI=1S/C20H35N5OS/c1-4-21-19(22-13-18-24-17(14-27-18)16(2)3)23-15-20(7-11-26-12-8-20)25-9-5-6-10-25/h14,16H,4-13,15H2,1-3H3,(H2,21,22,23). The molecule has 152 valence electrons. The first kappa shape index (κ1) is 20.6. The van der Waals surface area contributed by atoms with Gasteiger partial charge in [0.2, 0.25) is 0 Å². The highest BCUT2D eigenvalue weighted by Gasteiger charge is 2.39. The van der Waals surface area contributed by atoms with Crippen LogP contribution < -0.4 is 10.6 Å². The molecule has 3 rings (SSSR count). The highest BCUT2D eigenvalue weighted by molar-refractivity contribution is 7.09. The van der Waals surface area contributed by atoms with Crippen LogP contribution in [0.2, 0.25) is 0 Å². The fourth-order valence-electron chi connectivity index (χ4n) is 3.95. The molecule has 3 heterocycles. The summed E-state index contributed by atoms with van der Waals surface area (Å²) in [6, 6.07) is 0. The van der Waals surface area contributed by atoms with Gasteiger partial charge in [-0.15, -0.1) is 11.3 Å². The van der Waals surface area contributed by atoms with Gasteiger partial charge in [-0.3, -0.25) is 4.90 Å². The minimum atomic E-state index is 0.205. The van der Waals surface area contributed by atoms with Gasteiger partial charge < -0.3 is 15.4 Å². The first-order valence-corrected chi connectivity index (χ1v) is 11.3. The number of thiazole rings is 1. The Labute approximate surface area is 167 Å². The molecule has 0 amide bonds. The Morgan fingerprint density at radius 3 is 2.67 bits per heavy atom. The third-order valence-corrected chi connectivity index (χ3v) is 6.51. The maximum atomic E-state index is 5.66. The average molecular weight is 394 g/mol. The first-order chi connectivity index (χ1) is 13.1. The second-order valence-corrected chi connectivity index (χ2v) is 8.84. The Balaban J connectivity index is 1.63. The summed E-state index contributed by atoms with van der Waals surface area (Å²) in [7, 11) is 0. The molecule has 0 spiro atoms. The van der Waals surface area contributed by atoms with Crippen molar-refractivity contribution in [1.82, 2.24) is 20.5 Å². The van der Waals surface area contributed by atoms with Crippen molar-refractivity contribution in [2.75, 3.05) is 39.4 Å². The molecule has 27 heavy (non-hydrogen) atoms. The van der Waals surface area contributed by atoms with Crippen molar-refractivity contribution in [2.45, 2.75) is 64.5 Å². The van der Waals surface area contributed by atoms with E-state index >= 15 is 0 Å². The van der Waals surface area contributed by atoms with E-state index in [-0.39, 0.29) is 5.54 Å². The van der Waals surface area contributed by atoms with Crippen LogP contribution >= 0.6 is 11.3 Å². The van der Waals surface area contributed by atoms with Crippen molar-refractivity contribution < 1.29 is 4.74 Å². The predicted molar refractivity (Wildman–Crippen MR) is 113 cm³/mol. The van der Waals surface area contributed by atoms with E-state index in [1.54, 1.807) is 11.3 Å². The van der Waals surface area contributed by atoms with Gasteiger partial charge in [0.1, 0.15) is 5.01 Å². The molecular formula is C20H35N5OS. The molecule has 0 saturated carbocycles. The molecule has 0 radical (unpaired) electrons. The summed E-state index contributed by atoms with van der Waals surface area (Å²) in [5.41, 5.74) is 1.37. The van der Waals surface area contributed by atoms with Gasteiger partial charge in [-0.2, -0.15) is 0 Å². The molecule has 1 aromatic rings. The smallest absolute Gasteiger partial charge is 0.191 e. The monoisotopic (exact) mass is 393 g/mol. The van der Waals surface area contributed by atoms with Crippen molar-refractivity contribution in [3.63, 3.8) is 0 Å². The fraction of sp³-hybridized carbons (Fsp3) is 0.800. The van der Waals surface area contributed by atoms with Crippen molar-refractivity contribution in [3.05, 3.63) is 16.1 Å². The summed E-state index contributed by atoms with van der Waals surface area (Å²) in [6.07, 6.45) is 4.84. The van der Waals surface area contributed by atoms with Crippen molar-refractivity contribution in [1.29, 1.82) is 0 Å². The van der Waals surface area contributed by atoms with Gasteiger partial charge >= 0.3 is 0 Å². The second-order valence-electron chi connectivity index (χ2n) is 7.90. The molecule has 1 aromatic heterocycles. The first-order valence-electron chi connectivity index (χ1n) is 10.4. The Morgan fingerprint density at radius 1 is 1.30 bits per heavy atom. The zero-order chi connectivity index (χ0) is 19.1. The lowest BCUT2D eigenvalue weighted by molar-refractivity contribution is -0.0164. The largest absolute Gasteiger partial charge is 0.381 e. The Morgan fingerprint density at radius 2 is 2.04 bits per heavy atom. The predicted octanol–water partition coefficient (Wildman–Crippen LogP) is 2.97. The highest BCUT2D eigenvalue weighted by atomic mass is 32.1. The maximum absolute atomic E-state index is 5.66. The number of guanidine groups is 1. The molecule has 0 bridgehead atoms. The number of likely N-dealkylation sites (tertiary alicyclic amines) is 1. The number of nitrogens with zero attached hydrogens (tertiary/aromatic N) is 3. The average Bonchev–Trinajstić information content (AvgIpc) is 3.37. The molecular weight excluding hydrogens is 358 g/mol. The number of hydrogen-bond donors (Lipinski definition) is 2. The number of hydrogen-bond acceptors (Lipinski definition) is 5. The topological polar surface area (TPSA) is 61.8 Å². The third-order valence-electron chi connectivity index (χ3n) is 5.66. The van der Waals surface area contributed by atoms with Crippen molar-refractivity contribution >= 4 is 17.3 Å². The van der Waals surface area contributed by atoms with Crippen molar-refractivity contribution in [3.8, 4) is 0 Å². The second kappa shape index (κ2) is 9.85. The summed E-state index contributed by atoms with van der Waals surface area (Å²) >= 11 is 1.71. The maximum Gasteiger partial charge on any atom is 0.191 e. The van der Waals surface area contributed by atoms with Gasteiger partial charge in [-0.05, 0) is 51.6 Å². The van der Waals surface area contributed by atoms with E-state index in [1.165, 1.54) is 31.6 Å². The van der Waals surface area contributed by atoms with Gasteiger partial charge in [-0.1, -0.05) is 13.8 Å². The lowest BCUT2D eigenvalue weighted by atomic mass is 9.88. The number of rotatable bonds is 7. The molecule has 0 unspecified atom stereocenters. The Bertz CT molecular complexity index is 603. The normalized spacial score (nSPS) is 21.0. The minimum absolute atomic E-state index is 0.205. The number of aromatic nitrogens is 1.